The number of rotatable bonds is 4. The molecular formula is C45H27NOS. The van der Waals surface area contributed by atoms with E-state index in [1.54, 1.807) is 11.3 Å². The van der Waals surface area contributed by atoms with Crippen LogP contribution in [-0.2, 0) is 0 Å². The van der Waals surface area contributed by atoms with Gasteiger partial charge in [-0.25, -0.2) is 4.98 Å². The van der Waals surface area contributed by atoms with Gasteiger partial charge in [0.2, 0.25) is 0 Å². The molecule has 0 N–H and O–H groups in total. The fourth-order valence-electron chi connectivity index (χ4n) is 7.19. The predicted octanol–water partition coefficient (Wildman–Crippen LogP) is 13.2. The molecule has 0 radical (unpaired) electrons. The van der Waals surface area contributed by atoms with Crippen LogP contribution in [0, 0.1) is 0 Å². The molecule has 0 saturated heterocycles. The van der Waals surface area contributed by atoms with Crippen molar-refractivity contribution < 1.29 is 4.42 Å². The Kier molecular flexibility index (Phi) is 6.08. The van der Waals surface area contributed by atoms with Gasteiger partial charge in [0, 0.05) is 10.9 Å². The number of nitrogens with zero attached hydrogens (tertiary/aromatic N) is 1. The molecule has 3 heteroatoms. The van der Waals surface area contributed by atoms with E-state index < -0.39 is 0 Å². The molecule has 0 fully saturated rings. The number of thiazole rings is 1. The van der Waals surface area contributed by atoms with E-state index in [4.69, 9.17) is 9.40 Å². The van der Waals surface area contributed by atoms with Crippen LogP contribution in [0.5, 0.6) is 0 Å². The summed E-state index contributed by atoms with van der Waals surface area (Å²) in [4.78, 5) is 5.14. The summed E-state index contributed by atoms with van der Waals surface area (Å²) in [7, 11) is 0. The quantitative estimate of drug-likeness (QED) is 0.194. The van der Waals surface area contributed by atoms with E-state index in [2.05, 4.69) is 158 Å². The van der Waals surface area contributed by atoms with Crippen molar-refractivity contribution in [3.63, 3.8) is 0 Å². The number of fused-ring (bicyclic) bond motifs is 7. The van der Waals surface area contributed by atoms with Gasteiger partial charge in [0.25, 0.3) is 0 Å². The lowest BCUT2D eigenvalue weighted by Gasteiger charge is -2.14. The van der Waals surface area contributed by atoms with E-state index in [0.717, 1.165) is 48.1 Å². The van der Waals surface area contributed by atoms with E-state index in [-0.39, 0.29) is 0 Å². The largest absolute Gasteiger partial charge is 0.456 e. The third-order valence-corrected chi connectivity index (χ3v) is 10.5. The second kappa shape index (κ2) is 10.8. The molecule has 0 aliphatic carbocycles. The van der Waals surface area contributed by atoms with Crippen LogP contribution in [0.2, 0.25) is 0 Å². The molecule has 0 unspecified atom stereocenters. The lowest BCUT2D eigenvalue weighted by molar-refractivity contribution is 0.670. The van der Waals surface area contributed by atoms with Crippen molar-refractivity contribution in [2.45, 2.75) is 0 Å². The minimum Gasteiger partial charge on any atom is -0.456 e. The molecule has 0 saturated carbocycles. The molecule has 10 aromatic rings. The highest BCUT2D eigenvalue weighted by molar-refractivity contribution is 7.21. The van der Waals surface area contributed by atoms with Gasteiger partial charge in [-0.3, -0.25) is 0 Å². The SMILES string of the molecule is c1ccc(-c2cc(-c3cccc4ccccc34)cc(-c3cccc4cc5c(cc34)oc3ccc4sc(-c6ccccc6)nc4c35)c2)cc1. The Hall–Kier alpha value is -6.03. The summed E-state index contributed by atoms with van der Waals surface area (Å²) < 4.78 is 7.74. The second-order valence-electron chi connectivity index (χ2n) is 12.3. The van der Waals surface area contributed by atoms with Crippen molar-refractivity contribution in [1.82, 2.24) is 4.98 Å². The van der Waals surface area contributed by atoms with Crippen molar-refractivity contribution in [3.8, 4) is 44.0 Å². The van der Waals surface area contributed by atoms with Crippen LogP contribution in [0.3, 0.4) is 0 Å². The fraction of sp³-hybridized carbons (Fsp3) is 0. The molecule has 48 heavy (non-hydrogen) atoms. The molecule has 0 aliphatic rings. The summed E-state index contributed by atoms with van der Waals surface area (Å²) >= 11 is 1.73. The van der Waals surface area contributed by atoms with Gasteiger partial charge >= 0.3 is 0 Å². The topological polar surface area (TPSA) is 26.0 Å². The lowest BCUT2D eigenvalue weighted by Crippen LogP contribution is -1.88. The van der Waals surface area contributed by atoms with Gasteiger partial charge in [-0.2, -0.15) is 0 Å². The summed E-state index contributed by atoms with van der Waals surface area (Å²) in [6.07, 6.45) is 0. The Morgan fingerprint density at radius 3 is 1.85 bits per heavy atom. The minimum atomic E-state index is 0.864. The molecular weight excluding hydrogens is 603 g/mol. The first-order chi connectivity index (χ1) is 23.8. The van der Waals surface area contributed by atoms with Crippen molar-refractivity contribution in [2.75, 3.05) is 0 Å². The molecule has 0 bridgehead atoms. The van der Waals surface area contributed by atoms with Gasteiger partial charge in [0.15, 0.2) is 0 Å². The summed E-state index contributed by atoms with van der Waals surface area (Å²) in [5.41, 5.74) is 11.1. The van der Waals surface area contributed by atoms with Crippen LogP contribution in [0.25, 0.3) is 97.7 Å². The van der Waals surface area contributed by atoms with E-state index in [0.29, 0.717) is 0 Å². The van der Waals surface area contributed by atoms with Crippen LogP contribution in [0.4, 0.5) is 0 Å². The maximum atomic E-state index is 6.57. The second-order valence-corrected chi connectivity index (χ2v) is 13.4. The number of hydrogen-bond acceptors (Lipinski definition) is 3. The number of hydrogen-bond donors (Lipinski definition) is 0. The lowest BCUT2D eigenvalue weighted by atomic mass is 9.89. The molecule has 0 atom stereocenters. The maximum absolute atomic E-state index is 6.57. The summed E-state index contributed by atoms with van der Waals surface area (Å²) in [6, 6.07) is 58.6. The Morgan fingerprint density at radius 2 is 1.06 bits per heavy atom. The summed E-state index contributed by atoms with van der Waals surface area (Å²) in [5, 5.41) is 8.03. The molecule has 8 aromatic carbocycles. The highest BCUT2D eigenvalue weighted by Crippen LogP contribution is 2.43. The third-order valence-electron chi connectivity index (χ3n) is 9.47. The first kappa shape index (κ1) is 27.1. The number of furan rings is 1. The molecule has 224 valence electrons. The van der Waals surface area contributed by atoms with Crippen LogP contribution in [0.15, 0.2) is 168 Å². The average Bonchev–Trinajstić information content (AvgIpc) is 3.75. The molecule has 2 heterocycles. The first-order valence-corrected chi connectivity index (χ1v) is 17.0. The smallest absolute Gasteiger partial charge is 0.137 e. The van der Waals surface area contributed by atoms with Gasteiger partial charge in [-0.15, -0.1) is 11.3 Å². The predicted molar refractivity (Wildman–Crippen MR) is 204 cm³/mol. The van der Waals surface area contributed by atoms with E-state index in [9.17, 15) is 0 Å². The fourth-order valence-corrected chi connectivity index (χ4v) is 8.17. The van der Waals surface area contributed by atoms with Crippen molar-refractivity contribution >= 4 is 65.0 Å². The normalized spacial score (nSPS) is 11.8. The van der Waals surface area contributed by atoms with Gasteiger partial charge in [0.1, 0.15) is 16.2 Å². The molecule has 10 rings (SSSR count). The van der Waals surface area contributed by atoms with Crippen LogP contribution in [0.1, 0.15) is 0 Å². The molecule has 0 aliphatic heterocycles. The highest BCUT2D eigenvalue weighted by atomic mass is 32.1. The zero-order chi connectivity index (χ0) is 31.6. The molecule has 0 amide bonds. The highest BCUT2D eigenvalue weighted by Gasteiger charge is 2.18. The monoisotopic (exact) mass is 629 g/mol. The first-order valence-electron chi connectivity index (χ1n) is 16.2. The Labute approximate surface area is 281 Å². The minimum absolute atomic E-state index is 0.864. The van der Waals surface area contributed by atoms with Crippen molar-refractivity contribution in [1.29, 1.82) is 0 Å². The van der Waals surface area contributed by atoms with Crippen LogP contribution < -0.4 is 0 Å². The van der Waals surface area contributed by atoms with Gasteiger partial charge in [-0.1, -0.05) is 121 Å². The zero-order valence-electron chi connectivity index (χ0n) is 25.9. The van der Waals surface area contributed by atoms with E-state index in [1.165, 1.54) is 49.5 Å². The van der Waals surface area contributed by atoms with E-state index >= 15 is 0 Å². The number of benzene rings is 8. The zero-order valence-corrected chi connectivity index (χ0v) is 26.7. The Balaban J connectivity index is 1.20. The van der Waals surface area contributed by atoms with Crippen molar-refractivity contribution in [3.05, 3.63) is 164 Å². The number of aromatic nitrogens is 1. The Morgan fingerprint density at radius 1 is 0.417 bits per heavy atom. The molecule has 2 aromatic heterocycles. The maximum Gasteiger partial charge on any atom is 0.137 e. The molecule has 2 nitrogen and oxygen atoms in total. The van der Waals surface area contributed by atoms with E-state index in [1.807, 2.05) is 6.07 Å². The standard InChI is InChI=1S/C45H27NOS/c1-3-11-28(12-4-1)32-23-33(36-19-9-16-29-13-7-8-18-35(29)36)25-34(24-32)37-20-10-17-31-26-39-41(27-38(31)37)47-40-21-22-42-44(43(39)40)46-45(48-42)30-14-5-2-6-15-30/h1-27H. The van der Waals surface area contributed by atoms with Crippen molar-refractivity contribution in [2.24, 2.45) is 0 Å². The Bertz CT molecular complexity index is 2820. The van der Waals surface area contributed by atoms with Gasteiger partial charge in [-0.05, 0) is 97.4 Å². The van der Waals surface area contributed by atoms with Gasteiger partial charge in [0.05, 0.1) is 15.6 Å². The molecule has 0 spiro atoms. The summed E-state index contributed by atoms with van der Waals surface area (Å²) in [6.45, 7) is 0. The van der Waals surface area contributed by atoms with Crippen LogP contribution in [-0.4, -0.2) is 4.98 Å². The summed E-state index contributed by atoms with van der Waals surface area (Å²) in [5.74, 6) is 0. The third kappa shape index (κ3) is 4.36. The van der Waals surface area contributed by atoms with Gasteiger partial charge < -0.3 is 4.42 Å². The average molecular weight is 630 g/mol. The van der Waals surface area contributed by atoms with Crippen LogP contribution >= 0.6 is 11.3 Å².